The maximum absolute atomic E-state index is 14.4. The Kier molecular flexibility index (Phi) is 3.67. The number of hydrogen-bond donors (Lipinski definition) is 3. The van der Waals surface area contributed by atoms with Gasteiger partial charge >= 0.3 is 6.09 Å². The van der Waals surface area contributed by atoms with Crippen LogP contribution in [-0.4, -0.2) is 48.3 Å². The minimum absolute atomic E-state index is 0.00223. The third-order valence-electron chi connectivity index (χ3n) is 4.58. The first-order valence-electron chi connectivity index (χ1n) is 7.29. The Balaban J connectivity index is 1.95. The van der Waals surface area contributed by atoms with Crippen LogP contribution in [0.15, 0.2) is 18.2 Å². The number of amides is 3. The molecule has 3 rings (SSSR count). The van der Waals surface area contributed by atoms with E-state index in [0.29, 0.717) is 0 Å². The van der Waals surface area contributed by atoms with Crippen molar-refractivity contribution in [1.29, 1.82) is 0 Å². The zero-order chi connectivity index (χ0) is 17.6. The number of benzene rings is 1. The number of rotatable bonds is 4. The third-order valence-corrected chi connectivity index (χ3v) is 4.58. The van der Waals surface area contributed by atoms with E-state index < -0.39 is 41.3 Å². The lowest BCUT2D eigenvalue weighted by atomic mass is 9.76. The normalized spacial score (nSPS) is 25.5. The van der Waals surface area contributed by atoms with Crippen LogP contribution >= 0.6 is 0 Å². The van der Waals surface area contributed by atoms with Crippen LogP contribution in [0.2, 0.25) is 0 Å². The summed E-state index contributed by atoms with van der Waals surface area (Å²) in [6.45, 7) is 1.54. The molecule has 128 valence electrons. The van der Waals surface area contributed by atoms with Crippen molar-refractivity contribution in [1.82, 2.24) is 5.32 Å². The number of ether oxygens (including phenoxy) is 1. The number of nitrogens with one attached hydrogen (secondary N) is 1. The molecule has 1 aromatic carbocycles. The molecule has 0 aromatic heterocycles. The second-order valence-corrected chi connectivity index (χ2v) is 5.97. The topological polar surface area (TPSA) is 122 Å². The summed E-state index contributed by atoms with van der Waals surface area (Å²) < 4.78 is 19.5. The van der Waals surface area contributed by atoms with E-state index in [1.54, 1.807) is 0 Å². The maximum Gasteiger partial charge on any atom is 0.407 e. The Bertz CT molecular complexity index is 740. The van der Waals surface area contributed by atoms with E-state index >= 15 is 0 Å². The van der Waals surface area contributed by atoms with Gasteiger partial charge in [0.2, 0.25) is 5.91 Å². The number of carbonyl (C=O) groups is 3. The van der Waals surface area contributed by atoms with E-state index in [-0.39, 0.29) is 24.3 Å². The largest absolute Gasteiger partial charge is 0.443 e. The monoisotopic (exact) mass is 337 g/mol. The Labute approximate surface area is 136 Å². The minimum Gasteiger partial charge on any atom is -0.443 e. The summed E-state index contributed by atoms with van der Waals surface area (Å²) >= 11 is 0. The molecule has 0 spiro atoms. The fourth-order valence-electron chi connectivity index (χ4n) is 2.87. The number of hydrogen-bond acceptors (Lipinski definition) is 5. The number of primary amides is 1. The summed E-state index contributed by atoms with van der Waals surface area (Å²) in [4.78, 5) is 35.9. The molecule has 3 atom stereocenters. The van der Waals surface area contributed by atoms with Gasteiger partial charge in [-0.3, -0.25) is 9.59 Å². The maximum atomic E-state index is 14.4. The molecule has 2 fully saturated rings. The number of nitrogens with two attached hydrogens (primary N) is 1. The molecule has 3 unspecified atom stereocenters. The predicted octanol–water partition coefficient (Wildman–Crippen LogP) is -0.615. The van der Waals surface area contributed by atoms with Crippen LogP contribution in [0.3, 0.4) is 0 Å². The van der Waals surface area contributed by atoms with Crippen LogP contribution in [-0.2, 0) is 19.7 Å². The van der Waals surface area contributed by atoms with Crippen molar-refractivity contribution < 1.29 is 28.6 Å². The number of β-lactam (4-membered cyclic amide) rings is 1. The Morgan fingerprint density at radius 3 is 2.67 bits per heavy atom. The van der Waals surface area contributed by atoms with Gasteiger partial charge in [0, 0.05) is 0 Å². The molecule has 2 heterocycles. The predicted molar refractivity (Wildman–Crippen MR) is 79.6 cm³/mol. The molecular formula is C15H16FN3O5. The highest BCUT2D eigenvalue weighted by Crippen LogP contribution is 2.34. The average molecular weight is 337 g/mol. The first-order valence-corrected chi connectivity index (χ1v) is 7.29. The number of β-amino-alcohol motifs (C(OH)–C–C–N with tert-alkyl or cyclic N) is 1. The van der Waals surface area contributed by atoms with E-state index in [1.807, 2.05) is 0 Å². The Morgan fingerprint density at radius 1 is 1.50 bits per heavy atom. The first kappa shape index (κ1) is 16.2. The minimum atomic E-state index is -1.43. The molecule has 0 radical (unpaired) electrons. The highest BCUT2D eigenvalue weighted by Gasteiger charge is 2.47. The van der Waals surface area contributed by atoms with Gasteiger partial charge in [0.25, 0.3) is 5.91 Å². The van der Waals surface area contributed by atoms with Gasteiger partial charge < -0.3 is 25.8 Å². The van der Waals surface area contributed by atoms with Crippen LogP contribution in [0.25, 0.3) is 0 Å². The van der Waals surface area contributed by atoms with Gasteiger partial charge in [-0.15, -0.1) is 0 Å². The standard InChI is InChI=1S/C15H16FN3O5/c1-15(13(17)22,11-5-18-14(23)24-11)7-2-3-9(8(16)4-7)19-6-10(20)12(19)21/h2-4,10-11,20H,5-6H2,1H3,(H2,17,22)(H,18,23). The van der Waals surface area contributed by atoms with E-state index in [1.165, 1.54) is 19.1 Å². The zero-order valence-corrected chi connectivity index (χ0v) is 12.8. The summed E-state index contributed by atoms with van der Waals surface area (Å²) in [5.41, 5.74) is 4.27. The molecule has 0 bridgehead atoms. The van der Waals surface area contributed by atoms with Gasteiger partial charge in [-0.2, -0.15) is 0 Å². The number of carbonyl (C=O) groups excluding carboxylic acids is 3. The molecule has 3 amide bonds. The number of alkyl carbamates (subject to hydrolysis) is 1. The zero-order valence-electron chi connectivity index (χ0n) is 12.8. The number of nitrogens with zero attached hydrogens (tertiary/aromatic N) is 1. The molecule has 8 nitrogen and oxygen atoms in total. The van der Waals surface area contributed by atoms with Crippen molar-refractivity contribution in [2.24, 2.45) is 5.73 Å². The van der Waals surface area contributed by atoms with Gasteiger partial charge in [0.15, 0.2) is 6.10 Å². The molecule has 0 aliphatic carbocycles. The molecule has 24 heavy (non-hydrogen) atoms. The molecule has 2 aliphatic heterocycles. The SMILES string of the molecule is CC(C(N)=O)(c1ccc(N2CC(O)C2=O)c(F)c1)C1CNC(=O)O1. The van der Waals surface area contributed by atoms with Crippen LogP contribution in [0.4, 0.5) is 14.9 Å². The van der Waals surface area contributed by atoms with E-state index in [0.717, 1.165) is 11.0 Å². The van der Waals surface area contributed by atoms with Gasteiger partial charge in [-0.1, -0.05) is 6.07 Å². The van der Waals surface area contributed by atoms with Gasteiger partial charge in [-0.05, 0) is 24.6 Å². The number of cyclic esters (lactones) is 1. The van der Waals surface area contributed by atoms with Crippen molar-refractivity contribution in [2.45, 2.75) is 24.5 Å². The Morgan fingerprint density at radius 2 is 2.21 bits per heavy atom. The van der Waals surface area contributed by atoms with Gasteiger partial charge in [-0.25, -0.2) is 9.18 Å². The van der Waals surface area contributed by atoms with Crippen LogP contribution in [0.5, 0.6) is 0 Å². The molecule has 0 saturated carbocycles. The summed E-state index contributed by atoms with van der Waals surface area (Å²) in [7, 11) is 0. The number of halogens is 1. The lowest BCUT2D eigenvalue weighted by molar-refractivity contribution is -0.132. The summed E-state index contributed by atoms with van der Waals surface area (Å²) in [5, 5.41) is 11.7. The van der Waals surface area contributed by atoms with Crippen LogP contribution in [0, 0.1) is 5.82 Å². The van der Waals surface area contributed by atoms with Crippen LogP contribution in [0.1, 0.15) is 12.5 Å². The third kappa shape index (κ3) is 2.28. The number of aliphatic hydroxyl groups excluding tert-OH is 1. The Hall–Kier alpha value is -2.68. The molecule has 4 N–H and O–H groups in total. The van der Waals surface area contributed by atoms with Crippen molar-refractivity contribution in [3.05, 3.63) is 29.6 Å². The molecule has 9 heteroatoms. The highest BCUT2D eigenvalue weighted by atomic mass is 19.1. The highest BCUT2D eigenvalue weighted by molar-refractivity contribution is 6.03. The van der Waals surface area contributed by atoms with Crippen molar-refractivity contribution >= 4 is 23.6 Å². The second-order valence-electron chi connectivity index (χ2n) is 5.97. The smallest absolute Gasteiger partial charge is 0.407 e. The summed E-state index contributed by atoms with van der Waals surface area (Å²) in [6.07, 6.45) is -2.67. The van der Waals surface area contributed by atoms with E-state index in [2.05, 4.69) is 5.32 Å². The van der Waals surface area contributed by atoms with Crippen LogP contribution < -0.4 is 16.0 Å². The summed E-state index contributed by atoms with van der Waals surface area (Å²) in [6, 6.07) is 3.87. The summed E-state index contributed by atoms with van der Waals surface area (Å²) in [5.74, 6) is -2.10. The average Bonchev–Trinajstić information content (AvgIpc) is 2.98. The molecule has 1 aromatic rings. The number of aliphatic hydroxyl groups is 1. The quantitative estimate of drug-likeness (QED) is 0.633. The molecule has 2 aliphatic rings. The van der Waals surface area contributed by atoms with Gasteiger partial charge in [0.05, 0.1) is 18.8 Å². The van der Waals surface area contributed by atoms with Crippen molar-refractivity contribution in [3.8, 4) is 0 Å². The second kappa shape index (κ2) is 5.45. The number of anilines is 1. The first-order chi connectivity index (χ1) is 11.2. The van der Waals surface area contributed by atoms with Crippen molar-refractivity contribution in [3.63, 3.8) is 0 Å². The lowest BCUT2D eigenvalue weighted by Gasteiger charge is -2.36. The van der Waals surface area contributed by atoms with Crippen molar-refractivity contribution in [2.75, 3.05) is 18.0 Å². The molecule has 2 saturated heterocycles. The van der Waals surface area contributed by atoms with E-state index in [9.17, 15) is 23.9 Å². The van der Waals surface area contributed by atoms with Gasteiger partial charge in [0.1, 0.15) is 17.3 Å². The fourth-order valence-corrected chi connectivity index (χ4v) is 2.87. The fraction of sp³-hybridized carbons (Fsp3) is 0.400. The van der Waals surface area contributed by atoms with E-state index in [4.69, 9.17) is 10.5 Å². The lowest BCUT2D eigenvalue weighted by Crippen LogP contribution is -2.57. The molecular weight excluding hydrogens is 321 g/mol.